The van der Waals surface area contributed by atoms with E-state index in [1.807, 2.05) is 17.9 Å². The quantitative estimate of drug-likeness (QED) is 0.867. The molecule has 0 atom stereocenters. The molecule has 6 heteroatoms. The number of nitrogens with zero attached hydrogens (tertiary/aromatic N) is 4. The van der Waals surface area contributed by atoms with Crippen molar-refractivity contribution < 1.29 is 4.79 Å². The maximum atomic E-state index is 12.7. The highest BCUT2D eigenvalue weighted by Gasteiger charge is 2.25. The Morgan fingerprint density at radius 1 is 1.30 bits per heavy atom. The molecule has 0 aliphatic carbocycles. The number of aromatic nitrogens is 3. The van der Waals surface area contributed by atoms with Crippen molar-refractivity contribution in [1.29, 1.82) is 0 Å². The molecule has 122 valence electrons. The minimum absolute atomic E-state index is 0.0180. The van der Waals surface area contributed by atoms with Crippen molar-refractivity contribution in [3.8, 4) is 0 Å². The van der Waals surface area contributed by atoms with Crippen molar-refractivity contribution in [3.05, 3.63) is 46.0 Å². The number of aryl methyl sites for hydroxylation is 1. The molecule has 2 aromatic rings. The molecule has 1 aromatic heterocycles. The second-order valence-electron chi connectivity index (χ2n) is 6.47. The molecule has 2 heterocycles. The van der Waals surface area contributed by atoms with Crippen molar-refractivity contribution in [2.24, 2.45) is 5.92 Å². The first-order chi connectivity index (χ1) is 11.0. The summed E-state index contributed by atoms with van der Waals surface area (Å²) in [6.45, 7) is 8.18. The summed E-state index contributed by atoms with van der Waals surface area (Å²) < 4.78 is 2.15. The minimum Gasteiger partial charge on any atom is -0.329 e. The molecule has 1 aliphatic heterocycles. The fraction of sp³-hybridized carbons (Fsp3) is 0.471. The van der Waals surface area contributed by atoms with E-state index < -0.39 is 0 Å². The molecule has 0 saturated carbocycles. The molecule has 0 N–H and O–H groups in total. The molecular formula is C17H21ClN4O. The molecule has 0 saturated heterocycles. The van der Waals surface area contributed by atoms with Gasteiger partial charge in [0.05, 0.1) is 6.54 Å². The number of hydrogen-bond donors (Lipinski definition) is 0. The van der Waals surface area contributed by atoms with Gasteiger partial charge in [-0.25, -0.2) is 0 Å². The van der Waals surface area contributed by atoms with Gasteiger partial charge in [-0.2, -0.15) is 0 Å². The van der Waals surface area contributed by atoms with Gasteiger partial charge in [0.1, 0.15) is 5.82 Å². The van der Waals surface area contributed by atoms with Gasteiger partial charge < -0.3 is 9.47 Å². The van der Waals surface area contributed by atoms with E-state index in [1.54, 1.807) is 12.1 Å². The van der Waals surface area contributed by atoms with Gasteiger partial charge in [0.2, 0.25) is 0 Å². The predicted molar refractivity (Wildman–Crippen MR) is 89.5 cm³/mol. The Labute approximate surface area is 141 Å². The summed E-state index contributed by atoms with van der Waals surface area (Å²) in [4.78, 5) is 14.5. The van der Waals surface area contributed by atoms with Crippen molar-refractivity contribution in [3.63, 3.8) is 0 Å². The molecule has 1 aliphatic rings. The van der Waals surface area contributed by atoms with E-state index in [2.05, 4.69) is 28.6 Å². The average molecular weight is 333 g/mol. The number of hydrogen-bond acceptors (Lipinski definition) is 3. The highest BCUT2D eigenvalue weighted by atomic mass is 35.5. The number of rotatable bonds is 3. The monoisotopic (exact) mass is 332 g/mol. The Morgan fingerprint density at radius 2 is 2.09 bits per heavy atom. The topological polar surface area (TPSA) is 51.0 Å². The Morgan fingerprint density at radius 3 is 2.78 bits per heavy atom. The lowest BCUT2D eigenvalue weighted by molar-refractivity contribution is 0.0706. The van der Waals surface area contributed by atoms with Gasteiger partial charge in [-0.3, -0.25) is 4.79 Å². The first-order valence-corrected chi connectivity index (χ1v) is 8.30. The van der Waals surface area contributed by atoms with E-state index in [4.69, 9.17) is 11.6 Å². The number of benzene rings is 1. The zero-order chi connectivity index (χ0) is 16.6. The molecule has 5 nitrogen and oxygen atoms in total. The van der Waals surface area contributed by atoms with Crippen LogP contribution in [0.2, 0.25) is 5.02 Å². The van der Waals surface area contributed by atoms with E-state index in [0.717, 1.165) is 30.2 Å². The van der Waals surface area contributed by atoms with Crippen molar-refractivity contribution in [2.45, 2.75) is 40.3 Å². The zero-order valence-corrected chi connectivity index (χ0v) is 14.5. The van der Waals surface area contributed by atoms with Crippen molar-refractivity contribution in [2.75, 3.05) is 6.54 Å². The normalized spacial score (nSPS) is 14.2. The Balaban J connectivity index is 1.77. The summed E-state index contributed by atoms with van der Waals surface area (Å²) in [5, 5.41) is 9.23. The molecule has 1 aromatic carbocycles. The van der Waals surface area contributed by atoms with E-state index >= 15 is 0 Å². The van der Waals surface area contributed by atoms with Crippen LogP contribution in [0.25, 0.3) is 0 Å². The highest BCUT2D eigenvalue weighted by molar-refractivity contribution is 6.31. The average Bonchev–Trinajstić information content (AvgIpc) is 2.91. The van der Waals surface area contributed by atoms with E-state index in [9.17, 15) is 4.79 Å². The Hall–Kier alpha value is -1.88. The Bertz CT molecular complexity index is 738. The van der Waals surface area contributed by atoms with Crippen LogP contribution in [0, 0.1) is 12.8 Å². The molecule has 1 amide bonds. The van der Waals surface area contributed by atoms with Gasteiger partial charge in [-0.15, -0.1) is 10.2 Å². The number of carbonyl (C=O) groups is 1. The molecule has 0 spiro atoms. The number of amides is 1. The second-order valence-corrected chi connectivity index (χ2v) is 6.88. The van der Waals surface area contributed by atoms with E-state index in [0.29, 0.717) is 29.6 Å². The summed E-state index contributed by atoms with van der Waals surface area (Å²) in [5.74, 6) is 2.44. The van der Waals surface area contributed by atoms with Crippen LogP contribution in [-0.4, -0.2) is 32.1 Å². The molecule has 23 heavy (non-hydrogen) atoms. The third-order valence-electron chi connectivity index (χ3n) is 4.11. The molecule has 0 fully saturated rings. The van der Waals surface area contributed by atoms with Crippen LogP contribution < -0.4 is 0 Å². The van der Waals surface area contributed by atoms with Gasteiger partial charge in [0.25, 0.3) is 5.91 Å². The van der Waals surface area contributed by atoms with Crippen LogP contribution in [0.3, 0.4) is 0 Å². The van der Waals surface area contributed by atoms with E-state index in [1.165, 1.54) is 0 Å². The molecular weight excluding hydrogens is 312 g/mol. The SMILES string of the molecule is Cc1cc(C(=O)N2CCn3c(CC(C)C)nnc3C2)ccc1Cl. The lowest BCUT2D eigenvalue weighted by Gasteiger charge is -2.28. The highest BCUT2D eigenvalue weighted by Crippen LogP contribution is 2.20. The summed E-state index contributed by atoms with van der Waals surface area (Å²) in [6.07, 6.45) is 0.914. The lowest BCUT2D eigenvalue weighted by atomic mass is 10.1. The van der Waals surface area contributed by atoms with Crippen molar-refractivity contribution in [1.82, 2.24) is 19.7 Å². The van der Waals surface area contributed by atoms with Crippen LogP contribution in [0.1, 0.15) is 41.4 Å². The maximum Gasteiger partial charge on any atom is 0.254 e. The number of carbonyl (C=O) groups excluding carboxylic acids is 1. The van der Waals surface area contributed by atoms with Gasteiger partial charge in [-0.1, -0.05) is 25.4 Å². The van der Waals surface area contributed by atoms with Gasteiger partial charge >= 0.3 is 0 Å². The third kappa shape index (κ3) is 3.24. The summed E-state index contributed by atoms with van der Waals surface area (Å²) >= 11 is 6.04. The molecule has 0 radical (unpaired) electrons. The lowest BCUT2D eigenvalue weighted by Crippen LogP contribution is -2.38. The van der Waals surface area contributed by atoms with Crippen molar-refractivity contribution >= 4 is 17.5 Å². The van der Waals surface area contributed by atoms with E-state index in [-0.39, 0.29) is 5.91 Å². The van der Waals surface area contributed by atoms with Gasteiger partial charge in [-0.05, 0) is 36.6 Å². The van der Waals surface area contributed by atoms with Crippen LogP contribution in [0.4, 0.5) is 0 Å². The summed E-state index contributed by atoms with van der Waals surface area (Å²) in [7, 11) is 0. The smallest absolute Gasteiger partial charge is 0.254 e. The van der Waals surface area contributed by atoms with Crippen LogP contribution in [0.15, 0.2) is 18.2 Å². The molecule has 0 bridgehead atoms. The van der Waals surface area contributed by atoms with Crippen LogP contribution in [-0.2, 0) is 19.5 Å². The number of fused-ring (bicyclic) bond motifs is 1. The molecule has 0 unspecified atom stereocenters. The number of halogens is 1. The minimum atomic E-state index is 0.0180. The zero-order valence-electron chi connectivity index (χ0n) is 13.7. The van der Waals surface area contributed by atoms with Crippen LogP contribution >= 0.6 is 11.6 Å². The second kappa shape index (κ2) is 6.32. The predicted octanol–water partition coefficient (Wildman–Crippen LogP) is 3.09. The van der Waals surface area contributed by atoms with Gasteiger partial charge in [0.15, 0.2) is 5.82 Å². The largest absolute Gasteiger partial charge is 0.329 e. The fourth-order valence-electron chi connectivity index (χ4n) is 2.87. The summed E-state index contributed by atoms with van der Waals surface area (Å²) in [6, 6.07) is 5.40. The van der Waals surface area contributed by atoms with Crippen LogP contribution in [0.5, 0.6) is 0 Å². The van der Waals surface area contributed by atoms with Gasteiger partial charge in [0, 0.05) is 30.1 Å². The third-order valence-corrected chi connectivity index (χ3v) is 4.54. The summed E-state index contributed by atoms with van der Waals surface area (Å²) in [5.41, 5.74) is 1.58. The Kier molecular flexibility index (Phi) is 4.39. The molecule has 3 rings (SSSR count). The fourth-order valence-corrected chi connectivity index (χ4v) is 2.99. The standard InChI is InChI=1S/C17H21ClN4O/c1-11(2)8-15-19-20-16-10-21(6-7-22(15)16)17(23)13-4-5-14(18)12(3)9-13/h4-5,9,11H,6-8,10H2,1-3H3. The first-order valence-electron chi connectivity index (χ1n) is 7.92. The first kappa shape index (κ1) is 16.0. The maximum absolute atomic E-state index is 12.7.